The molecular formula is C16H22N2O2. The van der Waals surface area contributed by atoms with Crippen molar-refractivity contribution in [2.75, 3.05) is 39.9 Å². The third kappa shape index (κ3) is 2.86. The molecule has 2 aliphatic rings. The fourth-order valence-corrected chi connectivity index (χ4v) is 3.34. The Morgan fingerprint density at radius 2 is 2.05 bits per heavy atom. The highest BCUT2D eigenvalue weighted by Crippen LogP contribution is 2.34. The van der Waals surface area contributed by atoms with Crippen molar-refractivity contribution >= 4 is 5.91 Å². The van der Waals surface area contributed by atoms with E-state index in [1.807, 2.05) is 23.1 Å². The molecule has 4 nitrogen and oxygen atoms in total. The van der Waals surface area contributed by atoms with Crippen LogP contribution in [0.15, 0.2) is 30.3 Å². The number of amides is 1. The maximum Gasteiger partial charge on any atom is 0.223 e. The summed E-state index contributed by atoms with van der Waals surface area (Å²) in [6, 6.07) is 10.2. The molecule has 3 rings (SSSR count). The van der Waals surface area contributed by atoms with Gasteiger partial charge in [0.2, 0.25) is 5.91 Å². The van der Waals surface area contributed by atoms with E-state index in [2.05, 4.69) is 24.1 Å². The van der Waals surface area contributed by atoms with Gasteiger partial charge in [-0.3, -0.25) is 4.79 Å². The molecule has 108 valence electrons. The standard InChI is InChI=1S/C16H22N2O2/c1-17-7-8-20-13-16(11-17)9-15(19)18(12-16)10-14-5-3-2-4-6-14/h2-6H,7-13H2,1H3/t16-/m1/s1. The number of ether oxygens (including phenoxy) is 1. The molecule has 2 heterocycles. The van der Waals surface area contributed by atoms with Crippen molar-refractivity contribution in [1.29, 1.82) is 0 Å². The van der Waals surface area contributed by atoms with Crippen LogP contribution in [0.5, 0.6) is 0 Å². The maximum absolute atomic E-state index is 12.3. The number of hydrogen-bond donors (Lipinski definition) is 0. The van der Waals surface area contributed by atoms with E-state index in [0.29, 0.717) is 19.6 Å². The summed E-state index contributed by atoms with van der Waals surface area (Å²) in [6.45, 7) is 4.90. The number of likely N-dealkylation sites (N-methyl/N-ethyl adjacent to an activating group) is 1. The minimum atomic E-state index is -0.0168. The second-order valence-corrected chi connectivity index (χ2v) is 6.20. The normalized spacial score (nSPS) is 28.1. The molecule has 0 aromatic heterocycles. The molecule has 1 spiro atoms. The summed E-state index contributed by atoms with van der Waals surface area (Å²) in [6.07, 6.45) is 0.615. The average Bonchev–Trinajstić information content (AvgIpc) is 2.61. The first-order chi connectivity index (χ1) is 9.67. The van der Waals surface area contributed by atoms with Gasteiger partial charge >= 0.3 is 0 Å². The van der Waals surface area contributed by atoms with Crippen LogP contribution in [0.2, 0.25) is 0 Å². The summed E-state index contributed by atoms with van der Waals surface area (Å²) in [5, 5.41) is 0. The van der Waals surface area contributed by atoms with Crippen LogP contribution in [-0.4, -0.2) is 55.6 Å². The van der Waals surface area contributed by atoms with E-state index in [4.69, 9.17) is 4.74 Å². The number of nitrogens with zero attached hydrogens (tertiary/aromatic N) is 2. The second-order valence-electron chi connectivity index (χ2n) is 6.20. The van der Waals surface area contributed by atoms with Crippen LogP contribution in [0.4, 0.5) is 0 Å². The van der Waals surface area contributed by atoms with Gasteiger partial charge in [0.1, 0.15) is 0 Å². The SMILES string of the molecule is CN1CCOC[C@]2(CC(=O)N(Cc3ccccc3)C2)C1. The third-order valence-corrected chi connectivity index (χ3v) is 4.25. The van der Waals surface area contributed by atoms with E-state index < -0.39 is 0 Å². The predicted octanol–water partition coefficient (Wildman–Crippen LogP) is 1.37. The lowest BCUT2D eigenvalue weighted by Crippen LogP contribution is -2.39. The quantitative estimate of drug-likeness (QED) is 0.816. The number of benzene rings is 1. The van der Waals surface area contributed by atoms with Crippen molar-refractivity contribution in [3.05, 3.63) is 35.9 Å². The number of carbonyl (C=O) groups excluding carboxylic acids is 1. The van der Waals surface area contributed by atoms with E-state index in [1.165, 1.54) is 5.56 Å². The first-order valence-corrected chi connectivity index (χ1v) is 7.25. The largest absolute Gasteiger partial charge is 0.379 e. The minimum absolute atomic E-state index is 0.0168. The summed E-state index contributed by atoms with van der Waals surface area (Å²) in [4.78, 5) is 16.6. The first-order valence-electron chi connectivity index (χ1n) is 7.25. The smallest absolute Gasteiger partial charge is 0.223 e. The molecule has 2 fully saturated rings. The molecule has 0 saturated carbocycles. The molecule has 1 atom stereocenters. The fourth-order valence-electron chi connectivity index (χ4n) is 3.34. The van der Waals surface area contributed by atoms with Gasteiger partial charge in [0.05, 0.1) is 13.2 Å². The molecule has 1 amide bonds. The zero-order valence-corrected chi connectivity index (χ0v) is 12.0. The van der Waals surface area contributed by atoms with Gasteiger partial charge < -0.3 is 14.5 Å². The summed E-state index contributed by atoms with van der Waals surface area (Å²) in [7, 11) is 2.11. The molecule has 0 aliphatic carbocycles. The van der Waals surface area contributed by atoms with Gasteiger partial charge in [-0.15, -0.1) is 0 Å². The van der Waals surface area contributed by atoms with Crippen LogP contribution in [0, 0.1) is 5.41 Å². The van der Waals surface area contributed by atoms with E-state index in [0.717, 1.165) is 26.2 Å². The van der Waals surface area contributed by atoms with Gasteiger partial charge in [0.15, 0.2) is 0 Å². The van der Waals surface area contributed by atoms with Crippen LogP contribution in [0.1, 0.15) is 12.0 Å². The number of likely N-dealkylation sites (tertiary alicyclic amines) is 1. The molecule has 4 heteroatoms. The van der Waals surface area contributed by atoms with Crippen molar-refractivity contribution < 1.29 is 9.53 Å². The van der Waals surface area contributed by atoms with Gasteiger partial charge in [-0.05, 0) is 12.6 Å². The molecule has 0 radical (unpaired) electrons. The highest BCUT2D eigenvalue weighted by Gasteiger charge is 2.44. The summed E-state index contributed by atoms with van der Waals surface area (Å²) >= 11 is 0. The lowest BCUT2D eigenvalue weighted by molar-refractivity contribution is -0.128. The lowest BCUT2D eigenvalue weighted by Gasteiger charge is -2.29. The van der Waals surface area contributed by atoms with Crippen molar-refractivity contribution in [3.63, 3.8) is 0 Å². The van der Waals surface area contributed by atoms with E-state index >= 15 is 0 Å². The van der Waals surface area contributed by atoms with E-state index in [9.17, 15) is 4.79 Å². The van der Waals surface area contributed by atoms with Gasteiger partial charge in [-0.2, -0.15) is 0 Å². The molecule has 1 aromatic rings. The van der Waals surface area contributed by atoms with Crippen molar-refractivity contribution in [3.8, 4) is 0 Å². The highest BCUT2D eigenvalue weighted by atomic mass is 16.5. The number of hydrogen-bond acceptors (Lipinski definition) is 3. The van der Waals surface area contributed by atoms with Crippen molar-refractivity contribution in [2.45, 2.75) is 13.0 Å². The Morgan fingerprint density at radius 1 is 1.25 bits per heavy atom. The summed E-state index contributed by atoms with van der Waals surface area (Å²) in [5.41, 5.74) is 1.18. The Labute approximate surface area is 120 Å². The Kier molecular flexibility index (Phi) is 3.76. The third-order valence-electron chi connectivity index (χ3n) is 4.25. The number of carbonyl (C=O) groups is 1. The van der Waals surface area contributed by atoms with Gasteiger partial charge in [-0.1, -0.05) is 30.3 Å². The maximum atomic E-state index is 12.3. The van der Waals surface area contributed by atoms with E-state index in [-0.39, 0.29) is 11.3 Å². The lowest BCUT2D eigenvalue weighted by atomic mass is 9.87. The van der Waals surface area contributed by atoms with Crippen LogP contribution in [0.3, 0.4) is 0 Å². The topological polar surface area (TPSA) is 32.8 Å². The average molecular weight is 274 g/mol. The first kappa shape index (κ1) is 13.6. The van der Waals surface area contributed by atoms with Crippen molar-refractivity contribution in [2.24, 2.45) is 5.41 Å². The molecular weight excluding hydrogens is 252 g/mol. The predicted molar refractivity (Wildman–Crippen MR) is 77.2 cm³/mol. The Morgan fingerprint density at radius 3 is 2.85 bits per heavy atom. The molecule has 1 aromatic carbocycles. The van der Waals surface area contributed by atoms with Crippen LogP contribution in [0.25, 0.3) is 0 Å². The highest BCUT2D eigenvalue weighted by molar-refractivity contribution is 5.79. The summed E-state index contributed by atoms with van der Waals surface area (Å²) < 4.78 is 5.73. The van der Waals surface area contributed by atoms with Crippen LogP contribution in [-0.2, 0) is 16.1 Å². The monoisotopic (exact) mass is 274 g/mol. The molecule has 0 bridgehead atoms. The number of rotatable bonds is 2. The Hall–Kier alpha value is -1.39. The molecule has 2 saturated heterocycles. The molecule has 0 unspecified atom stereocenters. The Balaban J connectivity index is 1.71. The summed E-state index contributed by atoms with van der Waals surface area (Å²) in [5.74, 6) is 0.257. The Bertz CT molecular complexity index is 477. The zero-order valence-electron chi connectivity index (χ0n) is 12.0. The van der Waals surface area contributed by atoms with Gasteiger partial charge in [0.25, 0.3) is 0 Å². The second kappa shape index (κ2) is 5.54. The van der Waals surface area contributed by atoms with Crippen LogP contribution < -0.4 is 0 Å². The van der Waals surface area contributed by atoms with Crippen molar-refractivity contribution in [1.82, 2.24) is 9.80 Å². The fraction of sp³-hybridized carbons (Fsp3) is 0.562. The molecule has 0 N–H and O–H groups in total. The zero-order chi connectivity index (χ0) is 14.0. The minimum Gasteiger partial charge on any atom is -0.379 e. The molecule has 20 heavy (non-hydrogen) atoms. The molecule has 2 aliphatic heterocycles. The van der Waals surface area contributed by atoms with Gasteiger partial charge in [0, 0.05) is 38.0 Å². The van der Waals surface area contributed by atoms with Gasteiger partial charge in [-0.25, -0.2) is 0 Å². The van der Waals surface area contributed by atoms with Crippen LogP contribution >= 0.6 is 0 Å². The van der Waals surface area contributed by atoms with E-state index in [1.54, 1.807) is 0 Å².